The largest absolute Gasteiger partial charge is 0.469 e. The number of aryl methyl sites for hydroxylation is 1. The van der Waals surface area contributed by atoms with Crippen molar-refractivity contribution in [3.63, 3.8) is 0 Å². The Balaban J connectivity index is 1.37. The van der Waals surface area contributed by atoms with Crippen molar-refractivity contribution in [2.24, 2.45) is 11.3 Å². The van der Waals surface area contributed by atoms with Gasteiger partial charge in [0.25, 0.3) is 5.89 Å². The number of rotatable bonds is 5. The highest BCUT2D eigenvalue weighted by atomic mass is 16.5. The Morgan fingerprint density at radius 3 is 2.58 bits per heavy atom. The predicted molar refractivity (Wildman–Crippen MR) is 178 cm³/mol. The first kappa shape index (κ1) is 31.7. The zero-order chi connectivity index (χ0) is 35.1. The first-order chi connectivity index (χ1) is 23.8. The molecular weight excluding hydrogens is 642 g/mol. The molecule has 8 rings (SSSR count). The van der Waals surface area contributed by atoms with Crippen LogP contribution in [0.3, 0.4) is 0 Å². The van der Waals surface area contributed by atoms with Gasteiger partial charge in [-0.25, -0.2) is 9.97 Å². The Labute approximate surface area is 287 Å². The minimum atomic E-state index is -1.29. The summed E-state index contributed by atoms with van der Waals surface area (Å²) >= 11 is 0. The van der Waals surface area contributed by atoms with Gasteiger partial charge in [-0.1, -0.05) is 65.0 Å². The van der Waals surface area contributed by atoms with Gasteiger partial charge in [-0.3, -0.25) is 9.59 Å². The molecule has 14 heteroatoms. The molecule has 4 bridgehead atoms. The summed E-state index contributed by atoms with van der Waals surface area (Å²) in [5.74, 6) is 0.501. The standard InChI is InChI=1S/C36H37N7O7/c1-16(2)26(44)30(46)37-22-14-18-11-12-24-20(13-18)36(19-9-7-8-10-21(19)39-34(36)49-24)28-25(32-38-23(15-47-32)31-43-42-17(3)48-31)40-33(50-28)27(35(4,5)6)41-29(22)45/h7-13,15-16,22,26-27,34,39,44H,14H2,1-6H3,(H,37,46)(H,41,45)/t22?,26-,27?,34?,36-/m0/s1. The van der Waals surface area contributed by atoms with E-state index >= 15 is 0 Å². The van der Waals surface area contributed by atoms with Gasteiger partial charge < -0.3 is 39.0 Å². The van der Waals surface area contributed by atoms with Crippen LogP contribution in [0.25, 0.3) is 23.2 Å². The number of ether oxygens (including phenoxy) is 1. The summed E-state index contributed by atoms with van der Waals surface area (Å²) < 4.78 is 25.2. The first-order valence-electron chi connectivity index (χ1n) is 16.6. The molecule has 0 aliphatic carbocycles. The smallest absolute Gasteiger partial charge is 0.269 e. The zero-order valence-electron chi connectivity index (χ0n) is 28.4. The highest BCUT2D eigenvalue weighted by Crippen LogP contribution is 2.59. The molecule has 5 aromatic rings. The lowest BCUT2D eigenvalue weighted by Gasteiger charge is -2.32. The summed E-state index contributed by atoms with van der Waals surface area (Å²) in [7, 11) is 0. The van der Waals surface area contributed by atoms with E-state index in [1.54, 1.807) is 20.8 Å². The van der Waals surface area contributed by atoms with Crippen LogP contribution in [-0.4, -0.2) is 55.5 Å². The third-order valence-corrected chi connectivity index (χ3v) is 9.57. The maximum absolute atomic E-state index is 14.2. The number of carbonyl (C=O) groups excluding carboxylic acids is 2. The van der Waals surface area contributed by atoms with Crippen molar-refractivity contribution >= 4 is 17.5 Å². The van der Waals surface area contributed by atoms with Crippen LogP contribution in [0, 0.1) is 18.3 Å². The van der Waals surface area contributed by atoms with Crippen LogP contribution in [-0.2, 0) is 21.4 Å². The molecule has 3 aliphatic rings. The molecule has 0 radical (unpaired) electrons. The van der Waals surface area contributed by atoms with E-state index in [0.717, 1.165) is 22.4 Å². The third kappa shape index (κ3) is 4.88. The Morgan fingerprint density at radius 2 is 1.84 bits per heavy atom. The number of hydrogen-bond acceptors (Lipinski definition) is 12. The van der Waals surface area contributed by atoms with Crippen molar-refractivity contribution in [1.82, 2.24) is 30.8 Å². The van der Waals surface area contributed by atoms with E-state index in [9.17, 15) is 14.7 Å². The molecule has 5 atom stereocenters. The van der Waals surface area contributed by atoms with Crippen LogP contribution in [0.4, 0.5) is 5.69 Å². The third-order valence-electron chi connectivity index (χ3n) is 9.57. The van der Waals surface area contributed by atoms with E-state index in [4.69, 9.17) is 28.0 Å². The minimum absolute atomic E-state index is 0.143. The summed E-state index contributed by atoms with van der Waals surface area (Å²) in [6, 6.07) is 11.8. The van der Waals surface area contributed by atoms with E-state index in [1.165, 1.54) is 6.26 Å². The van der Waals surface area contributed by atoms with Crippen molar-refractivity contribution in [3.8, 4) is 28.9 Å². The molecule has 2 amide bonds. The number of fused-ring (bicyclic) bond motifs is 4. The lowest BCUT2D eigenvalue weighted by Crippen LogP contribution is -2.53. The quantitative estimate of drug-likeness (QED) is 0.205. The summed E-state index contributed by atoms with van der Waals surface area (Å²) in [6.07, 6.45) is -0.363. The molecule has 0 saturated carbocycles. The van der Waals surface area contributed by atoms with E-state index in [1.807, 2.05) is 63.2 Å². The van der Waals surface area contributed by atoms with E-state index < -0.39 is 47.1 Å². The van der Waals surface area contributed by atoms with Crippen molar-refractivity contribution in [3.05, 3.63) is 83.0 Å². The number of aliphatic hydroxyl groups excluding tert-OH is 1. The van der Waals surface area contributed by atoms with Gasteiger partial charge in [0.1, 0.15) is 35.6 Å². The highest BCUT2D eigenvalue weighted by Gasteiger charge is 2.61. The number of amides is 2. The Morgan fingerprint density at radius 1 is 1.04 bits per heavy atom. The molecule has 3 aromatic heterocycles. The number of aromatic nitrogens is 4. The molecule has 14 nitrogen and oxygen atoms in total. The van der Waals surface area contributed by atoms with Crippen LogP contribution in [0.2, 0.25) is 0 Å². The van der Waals surface area contributed by atoms with Gasteiger partial charge in [0.05, 0.1) is 0 Å². The highest BCUT2D eigenvalue weighted by molar-refractivity contribution is 5.90. The number of anilines is 1. The average molecular weight is 680 g/mol. The second-order valence-electron chi connectivity index (χ2n) is 14.5. The van der Waals surface area contributed by atoms with Gasteiger partial charge in [-0.05, 0) is 34.6 Å². The topological polar surface area (TPSA) is 191 Å². The predicted octanol–water partition coefficient (Wildman–Crippen LogP) is 4.43. The number of nitrogens with zero attached hydrogens (tertiary/aromatic N) is 4. The number of para-hydroxylation sites is 1. The Hall–Kier alpha value is -5.50. The van der Waals surface area contributed by atoms with Gasteiger partial charge in [0, 0.05) is 24.6 Å². The molecule has 0 fully saturated rings. The molecular formula is C36H37N7O7. The fraction of sp³-hybridized carbons (Fsp3) is 0.389. The Kier molecular flexibility index (Phi) is 7.16. The molecule has 50 heavy (non-hydrogen) atoms. The molecule has 6 heterocycles. The van der Waals surface area contributed by atoms with Crippen LogP contribution < -0.4 is 20.7 Å². The second kappa shape index (κ2) is 11.3. The number of carbonyl (C=O) groups is 2. The van der Waals surface area contributed by atoms with E-state index in [-0.39, 0.29) is 30.0 Å². The fourth-order valence-corrected chi connectivity index (χ4v) is 7.00. The van der Waals surface area contributed by atoms with Crippen molar-refractivity contribution in [2.45, 2.75) is 77.8 Å². The summed E-state index contributed by atoms with van der Waals surface area (Å²) in [5.41, 5.74) is 2.22. The molecule has 3 unspecified atom stereocenters. The fourth-order valence-electron chi connectivity index (χ4n) is 7.00. The molecule has 0 saturated heterocycles. The monoisotopic (exact) mass is 679 g/mol. The molecule has 1 spiro atoms. The molecule has 258 valence electrons. The van der Waals surface area contributed by atoms with Gasteiger partial charge >= 0.3 is 0 Å². The summed E-state index contributed by atoms with van der Waals surface area (Å²) in [5, 5.41) is 28.0. The van der Waals surface area contributed by atoms with E-state index in [0.29, 0.717) is 28.8 Å². The number of oxazole rings is 2. The first-order valence-corrected chi connectivity index (χ1v) is 16.6. The van der Waals surface area contributed by atoms with Gasteiger partial charge in [-0.2, -0.15) is 0 Å². The van der Waals surface area contributed by atoms with Crippen LogP contribution in [0.5, 0.6) is 5.75 Å². The average Bonchev–Trinajstić information content (AvgIpc) is 3.89. The maximum atomic E-state index is 14.2. The summed E-state index contributed by atoms with van der Waals surface area (Å²) in [6.45, 7) is 11.0. The molecule has 2 aromatic carbocycles. The van der Waals surface area contributed by atoms with Gasteiger partial charge in [-0.15, -0.1) is 10.2 Å². The zero-order valence-corrected chi connectivity index (χ0v) is 28.4. The van der Waals surface area contributed by atoms with Crippen molar-refractivity contribution < 1.29 is 32.7 Å². The maximum Gasteiger partial charge on any atom is 0.269 e. The summed E-state index contributed by atoms with van der Waals surface area (Å²) in [4.78, 5) is 37.1. The van der Waals surface area contributed by atoms with Crippen LogP contribution in [0.15, 0.2) is 62.0 Å². The lowest BCUT2D eigenvalue weighted by molar-refractivity contribution is -0.136. The van der Waals surface area contributed by atoms with E-state index in [2.05, 4.69) is 26.1 Å². The molecule has 4 N–H and O–H groups in total. The van der Waals surface area contributed by atoms with Gasteiger partial charge in [0.2, 0.25) is 29.5 Å². The number of hydrogen-bond donors (Lipinski definition) is 4. The number of benzene rings is 2. The Bertz CT molecular complexity index is 2140. The normalized spacial score (nSPS) is 22.8. The lowest BCUT2D eigenvalue weighted by atomic mass is 9.72. The van der Waals surface area contributed by atoms with Crippen LogP contribution in [0.1, 0.15) is 74.9 Å². The number of nitrogens with one attached hydrogen (secondary N) is 3. The van der Waals surface area contributed by atoms with Crippen molar-refractivity contribution in [1.29, 1.82) is 0 Å². The number of aliphatic hydroxyl groups is 1. The molecule has 3 aliphatic heterocycles. The van der Waals surface area contributed by atoms with Gasteiger partial charge in [0.15, 0.2) is 23.4 Å². The second-order valence-corrected chi connectivity index (χ2v) is 14.5. The minimum Gasteiger partial charge on any atom is -0.469 e. The SMILES string of the molecule is Cc1nnc(-c2coc(-c3nc4oc3[C@@]35c6ccccc6NC3Oc3ccc(cc35)CC(NC(=O)[C@@H](O)C(C)C)C(=O)NC4C(C)(C)C)n2)o1. The van der Waals surface area contributed by atoms with Crippen LogP contribution >= 0.6 is 0 Å². The van der Waals surface area contributed by atoms with Crippen molar-refractivity contribution in [2.75, 3.05) is 5.32 Å².